The first-order valence-corrected chi connectivity index (χ1v) is 7.32. The summed E-state index contributed by atoms with van der Waals surface area (Å²) in [6.07, 6.45) is 2.59. The molecule has 0 saturated carbocycles. The lowest BCUT2D eigenvalue weighted by atomic mass is 10.3. The van der Waals surface area contributed by atoms with E-state index in [4.69, 9.17) is 20.8 Å². The minimum atomic E-state index is 0.319. The van der Waals surface area contributed by atoms with Gasteiger partial charge < -0.3 is 13.7 Å². The summed E-state index contributed by atoms with van der Waals surface area (Å²) in [6, 6.07) is 5.81. The molecule has 0 atom stereocenters. The van der Waals surface area contributed by atoms with Crippen molar-refractivity contribution in [2.75, 3.05) is 7.11 Å². The van der Waals surface area contributed by atoms with Gasteiger partial charge in [-0.05, 0) is 12.1 Å². The van der Waals surface area contributed by atoms with Gasteiger partial charge in [0.2, 0.25) is 5.89 Å². The third-order valence-corrected chi connectivity index (χ3v) is 3.64. The van der Waals surface area contributed by atoms with Crippen LogP contribution in [0, 0.1) is 0 Å². The molecule has 1 aromatic carbocycles. The van der Waals surface area contributed by atoms with Crippen molar-refractivity contribution in [3.8, 4) is 5.75 Å². The second-order valence-electron chi connectivity index (χ2n) is 4.65. The molecule has 0 unspecified atom stereocenters. The van der Waals surface area contributed by atoms with Gasteiger partial charge in [-0.15, -0.1) is 11.6 Å². The van der Waals surface area contributed by atoms with Crippen LogP contribution in [-0.4, -0.2) is 21.6 Å². The van der Waals surface area contributed by atoms with Gasteiger partial charge in [0.05, 0.1) is 24.7 Å². The highest BCUT2D eigenvalue weighted by Gasteiger charge is 2.15. The zero-order valence-electron chi connectivity index (χ0n) is 12.0. The number of hydrogen-bond acceptors (Lipinski definition) is 4. The molecule has 0 N–H and O–H groups in total. The van der Waals surface area contributed by atoms with Crippen molar-refractivity contribution in [1.29, 1.82) is 0 Å². The average Bonchev–Trinajstić information content (AvgIpc) is 3.12. The van der Waals surface area contributed by atoms with E-state index in [1.807, 2.05) is 29.7 Å². The van der Waals surface area contributed by atoms with E-state index in [9.17, 15) is 0 Å². The van der Waals surface area contributed by atoms with E-state index in [1.54, 1.807) is 13.3 Å². The lowest BCUT2D eigenvalue weighted by Gasteiger charge is -2.05. The maximum absolute atomic E-state index is 6.02. The summed E-state index contributed by atoms with van der Waals surface area (Å²) in [5, 5.41) is 0. The topological polar surface area (TPSA) is 53.1 Å². The fraction of sp³-hybridized carbons (Fsp3) is 0.333. The molecule has 0 fully saturated rings. The number of nitrogens with zero attached hydrogens (tertiary/aromatic N) is 3. The summed E-state index contributed by atoms with van der Waals surface area (Å²) in [7, 11) is 1.63. The van der Waals surface area contributed by atoms with Crippen LogP contribution in [0.25, 0.3) is 11.0 Å². The summed E-state index contributed by atoms with van der Waals surface area (Å²) in [5.74, 6) is 3.35. The first kappa shape index (κ1) is 13.9. The van der Waals surface area contributed by atoms with Crippen LogP contribution in [0.1, 0.15) is 24.4 Å². The molecule has 0 bridgehead atoms. The number of para-hydroxylation sites is 1. The third-order valence-electron chi connectivity index (χ3n) is 3.40. The van der Waals surface area contributed by atoms with Crippen LogP contribution < -0.4 is 4.74 Å². The number of ether oxygens (including phenoxy) is 1. The fourth-order valence-corrected chi connectivity index (χ4v) is 2.54. The number of rotatable bonds is 5. The predicted octanol–water partition coefficient (Wildman–Crippen LogP) is 3.38. The van der Waals surface area contributed by atoms with Crippen LogP contribution >= 0.6 is 11.6 Å². The molecule has 3 aromatic rings. The number of oxazole rings is 1. The highest BCUT2D eigenvalue weighted by molar-refractivity contribution is 6.16. The second-order valence-corrected chi connectivity index (χ2v) is 4.92. The van der Waals surface area contributed by atoms with Crippen molar-refractivity contribution in [2.45, 2.75) is 25.8 Å². The molecule has 0 aliphatic rings. The maximum Gasteiger partial charge on any atom is 0.214 e. The van der Waals surface area contributed by atoms with E-state index < -0.39 is 0 Å². The Morgan fingerprint density at radius 2 is 2.24 bits per heavy atom. The standard InChI is InChI=1S/C15H16ClN3O2/c1-3-10-8-17-14(21-10)9-19-11-5-4-6-12(20-2)15(11)18-13(19)7-16/h4-6,8H,3,7,9H2,1-2H3. The number of hydrogen-bond donors (Lipinski definition) is 0. The highest BCUT2D eigenvalue weighted by atomic mass is 35.5. The quantitative estimate of drug-likeness (QED) is 0.678. The zero-order chi connectivity index (χ0) is 14.8. The molecule has 2 aromatic heterocycles. The van der Waals surface area contributed by atoms with Crippen LogP contribution in [0.15, 0.2) is 28.8 Å². The van der Waals surface area contributed by atoms with Crippen LogP contribution in [0.5, 0.6) is 5.75 Å². The Labute approximate surface area is 127 Å². The molecule has 5 nitrogen and oxygen atoms in total. The second kappa shape index (κ2) is 5.77. The van der Waals surface area contributed by atoms with E-state index in [2.05, 4.69) is 9.97 Å². The van der Waals surface area contributed by atoms with Crippen molar-refractivity contribution in [1.82, 2.24) is 14.5 Å². The number of halogens is 1. The van der Waals surface area contributed by atoms with Crippen LogP contribution in [0.4, 0.5) is 0 Å². The summed E-state index contributed by atoms with van der Waals surface area (Å²) in [5.41, 5.74) is 1.76. The maximum atomic E-state index is 6.02. The van der Waals surface area contributed by atoms with Gasteiger partial charge in [-0.1, -0.05) is 13.0 Å². The normalized spacial score (nSPS) is 11.2. The van der Waals surface area contributed by atoms with Crippen molar-refractivity contribution in [3.05, 3.63) is 41.9 Å². The van der Waals surface area contributed by atoms with Gasteiger partial charge in [-0.2, -0.15) is 0 Å². The molecule has 0 spiro atoms. The number of alkyl halides is 1. The third kappa shape index (κ3) is 2.49. The van der Waals surface area contributed by atoms with Gasteiger partial charge in [0.15, 0.2) is 0 Å². The molecule has 6 heteroatoms. The molecular weight excluding hydrogens is 290 g/mol. The van der Waals surface area contributed by atoms with E-state index in [0.29, 0.717) is 18.3 Å². The van der Waals surface area contributed by atoms with Gasteiger partial charge in [0, 0.05) is 6.42 Å². The van der Waals surface area contributed by atoms with Crippen LogP contribution in [0.2, 0.25) is 0 Å². The molecular formula is C15H16ClN3O2. The molecule has 0 aliphatic carbocycles. The van der Waals surface area contributed by atoms with Gasteiger partial charge in [0.1, 0.15) is 29.4 Å². The molecule has 2 heterocycles. The summed E-state index contributed by atoms with van der Waals surface area (Å²) in [4.78, 5) is 8.86. The monoisotopic (exact) mass is 305 g/mol. The van der Waals surface area contributed by atoms with Crippen LogP contribution in [-0.2, 0) is 18.8 Å². The molecule has 0 radical (unpaired) electrons. The molecule has 0 amide bonds. The van der Waals surface area contributed by atoms with Crippen molar-refractivity contribution in [3.63, 3.8) is 0 Å². The Kier molecular flexibility index (Phi) is 3.84. The van der Waals surface area contributed by atoms with E-state index in [1.165, 1.54) is 0 Å². The minimum absolute atomic E-state index is 0.319. The number of fused-ring (bicyclic) bond motifs is 1. The lowest BCUT2D eigenvalue weighted by molar-refractivity contribution is 0.419. The minimum Gasteiger partial charge on any atom is -0.494 e. The Bertz CT molecular complexity index is 763. The molecule has 3 rings (SSSR count). The fourth-order valence-electron chi connectivity index (χ4n) is 2.33. The summed E-state index contributed by atoms with van der Waals surface area (Å²) in [6.45, 7) is 2.54. The smallest absolute Gasteiger partial charge is 0.214 e. The summed E-state index contributed by atoms with van der Waals surface area (Å²) >= 11 is 6.02. The predicted molar refractivity (Wildman–Crippen MR) is 80.8 cm³/mol. The van der Waals surface area contributed by atoms with Crippen molar-refractivity contribution < 1.29 is 9.15 Å². The number of methoxy groups -OCH3 is 1. The van der Waals surface area contributed by atoms with Gasteiger partial charge in [-0.3, -0.25) is 0 Å². The average molecular weight is 306 g/mol. The Morgan fingerprint density at radius 1 is 1.38 bits per heavy atom. The molecule has 21 heavy (non-hydrogen) atoms. The highest BCUT2D eigenvalue weighted by Crippen LogP contribution is 2.27. The SMILES string of the molecule is CCc1cnc(Cn2c(CCl)nc3c(OC)cccc32)o1. The van der Waals surface area contributed by atoms with E-state index >= 15 is 0 Å². The number of aryl methyl sites for hydroxylation is 1. The molecule has 0 aliphatic heterocycles. The Hall–Kier alpha value is -2.01. The first-order valence-electron chi connectivity index (χ1n) is 6.78. The number of imidazole rings is 1. The molecule has 0 saturated heterocycles. The first-order chi connectivity index (χ1) is 10.3. The molecule has 110 valence electrons. The summed E-state index contributed by atoms with van der Waals surface area (Å²) < 4.78 is 13.0. The largest absolute Gasteiger partial charge is 0.494 e. The van der Waals surface area contributed by atoms with E-state index in [-0.39, 0.29) is 0 Å². The van der Waals surface area contributed by atoms with E-state index in [0.717, 1.165) is 34.8 Å². The van der Waals surface area contributed by atoms with Gasteiger partial charge >= 0.3 is 0 Å². The van der Waals surface area contributed by atoms with Crippen LogP contribution in [0.3, 0.4) is 0 Å². The zero-order valence-corrected chi connectivity index (χ0v) is 12.7. The van der Waals surface area contributed by atoms with Gasteiger partial charge in [-0.25, -0.2) is 9.97 Å². The Morgan fingerprint density at radius 3 is 2.90 bits per heavy atom. The number of aromatic nitrogens is 3. The van der Waals surface area contributed by atoms with Crippen molar-refractivity contribution in [2.24, 2.45) is 0 Å². The van der Waals surface area contributed by atoms with Crippen molar-refractivity contribution >= 4 is 22.6 Å². The van der Waals surface area contributed by atoms with Gasteiger partial charge in [0.25, 0.3) is 0 Å². The Balaban J connectivity index is 2.07. The lowest BCUT2D eigenvalue weighted by Crippen LogP contribution is -2.04. The number of benzene rings is 1.